The Morgan fingerprint density at radius 2 is 2.00 bits per heavy atom. The summed E-state index contributed by atoms with van der Waals surface area (Å²) in [6.45, 7) is 0. The van der Waals surface area contributed by atoms with Crippen molar-refractivity contribution in [1.82, 2.24) is 0 Å². The van der Waals surface area contributed by atoms with E-state index in [9.17, 15) is 13.2 Å². The number of rotatable bonds is 3. The van der Waals surface area contributed by atoms with Crippen LogP contribution in [0.4, 0.5) is 5.69 Å². The summed E-state index contributed by atoms with van der Waals surface area (Å²) in [5, 5.41) is 2.26. The Labute approximate surface area is 124 Å². The van der Waals surface area contributed by atoms with Crippen molar-refractivity contribution in [2.24, 2.45) is 0 Å². The molecule has 2 N–H and O–H groups in total. The molecule has 0 fully saturated rings. The van der Waals surface area contributed by atoms with Crippen LogP contribution >= 0.6 is 0 Å². The van der Waals surface area contributed by atoms with Gasteiger partial charge in [0.25, 0.3) is 10.1 Å². The standard InChI is InChI=1S/C7H7NO4S.K.H/c9-5-8-6-2-1-3-7(4-6)13(10,11)12;;/h1-5H,(H,8,9)(H,10,11,12);;. The molecule has 5 nitrogen and oxygen atoms in total. The molecule has 72 valence electrons. The van der Waals surface area contributed by atoms with Crippen LogP contribution < -0.4 is 5.32 Å². The zero-order chi connectivity index (χ0) is 9.90. The molecule has 0 atom stereocenters. The molecule has 0 aromatic heterocycles. The third-order valence-electron chi connectivity index (χ3n) is 1.36. The number of carbonyl (C=O) groups is 1. The molecule has 0 aliphatic rings. The topological polar surface area (TPSA) is 83.5 Å². The quantitative estimate of drug-likeness (QED) is 0.438. The molecular formula is C7H8KNO4S. The van der Waals surface area contributed by atoms with Crippen molar-refractivity contribution < 1.29 is 17.8 Å². The molecule has 0 saturated carbocycles. The predicted molar refractivity (Wildman–Crippen MR) is 53.1 cm³/mol. The van der Waals surface area contributed by atoms with E-state index in [1.807, 2.05) is 0 Å². The molecule has 0 saturated heterocycles. The van der Waals surface area contributed by atoms with Gasteiger partial charge in [0.15, 0.2) is 0 Å². The zero-order valence-corrected chi connectivity index (χ0v) is 7.28. The van der Waals surface area contributed by atoms with Crippen molar-refractivity contribution in [2.75, 3.05) is 5.32 Å². The summed E-state index contributed by atoms with van der Waals surface area (Å²) in [6, 6.07) is 5.30. The molecule has 0 aliphatic carbocycles. The van der Waals surface area contributed by atoms with E-state index < -0.39 is 10.1 Å². The number of anilines is 1. The number of benzene rings is 1. The predicted octanol–water partition coefficient (Wildman–Crippen LogP) is -0.147. The Morgan fingerprint density at radius 1 is 1.36 bits per heavy atom. The SMILES string of the molecule is O=CNc1cccc(S(=O)(=O)O)c1.[KH]. The second-order valence-electron chi connectivity index (χ2n) is 2.27. The first-order valence-corrected chi connectivity index (χ1v) is 4.76. The minimum atomic E-state index is -4.20. The summed E-state index contributed by atoms with van der Waals surface area (Å²) < 4.78 is 29.9. The summed E-state index contributed by atoms with van der Waals surface area (Å²) in [5.41, 5.74) is 0.310. The molecule has 1 aromatic carbocycles. The van der Waals surface area contributed by atoms with E-state index in [2.05, 4.69) is 5.32 Å². The fourth-order valence-electron chi connectivity index (χ4n) is 0.814. The van der Waals surface area contributed by atoms with Gasteiger partial charge < -0.3 is 5.32 Å². The third-order valence-corrected chi connectivity index (χ3v) is 2.21. The van der Waals surface area contributed by atoms with Gasteiger partial charge in [-0.15, -0.1) is 0 Å². The van der Waals surface area contributed by atoms with Gasteiger partial charge in [0.05, 0.1) is 4.90 Å². The minimum absolute atomic E-state index is 0. The molecule has 1 amide bonds. The van der Waals surface area contributed by atoms with Crippen molar-refractivity contribution in [2.45, 2.75) is 4.90 Å². The fraction of sp³-hybridized carbons (Fsp3) is 0. The van der Waals surface area contributed by atoms with Crippen LogP contribution in [0.15, 0.2) is 29.2 Å². The van der Waals surface area contributed by atoms with Gasteiger partial charge in [0.1, 0.15) is 0 Å². The summed E-state index contributed by atoms with van der Waals surface area (Å²) in [6.07, 6.45) is 0.420. The van der Waals surface area contributed by atoms with Crippen LogP contribution in [0.5, 0.6) is 0 Å². The van der Waals surface area contributed by atoms with Crippen LogP contribution in [0, 0.1) is 0 Å². The second kappa shape index (κ2) is 5.96. The average molecular weight is 241 g/mol. The van der Waals surface area contributed by atoms with Gasteiger partial charge in [-0.3, -0.25) is 9.35 Å². The summed E-state index contributed by atoms with van der Waals surface area (Å²) in [4.78, 5) is 9.76. The maximum absolute atomic E-state index is 10.6. The van der Waals surface area contributed by atoms with Crippen molar-refractivity contribution in [3.8, 4) is 0 Å². The van der Waals surface area contributed by atoms with E-state index in [0.717, 1.165) is 6.07 Å². The van der Waals surface area contributed by atoms with Gasteiger partial charge >= 0.3 is 51.4 Å². The first-order chi connectivity index (χ1) is 6.04. The first-order valence-electron chi connectivity index (χ1n) is 3.32. The van der Waals surface area contributed by atoms with Crippen LogP contribution in [0.3, 0.4) is 0 Å². The molecule has 0 unspecified atom stereocenters. The molecule has 1 aromatic rings. The van der Waals surface area contributed by atoms with Crippen LogP contribution in [-0.2, 0) is 14.9 Å². The second-order valence-corrected chi connectivity index (χ2v) is 3.69. The van der Waals surface area contributed by atoms with E-state index >= 15 is 0 Å². The normalized spacial score (nSPS) is 10.1. The number of carbonyl (C=O) groups excluding carboxylic acids is 1. The third kappa shape index (κ3) is 4.18. The van der Waals surface area contributed by atoms with Gasteiger partial charge in [-0.25, -0.2) is 0 Å². The number of nitrogens with one attached hydrogen (secondary N) is 1. The number of hydrogen-bond acceptors (Lipinski definition) is 3. The van der Waals surface area contributed by atoms with Gasteiger partial charge in [-0.2, -0.15) is 8.42 Å². The zero-order valence-electron chi connectivity index (χ0n) is 6.47. The monoisotopic (exact) mass is 241 g/mol. The molecule has 14 heavy (non-hydrogen) atoms. The summed E-state index contributed by atoms with van der Waals surface area (Å²) in [7, 11) is -4.20. The molecule has 0 spiro atoms. The van der Waals surface area contributed by atoms with Crippen LogP contribution in [0.2, 0.25) is 0 Å². The Balaban J connectivity index is 0.00000169. The van der Waals surface area contributed by atoms with Crippen LogP contribution in [0.1, 0.15) is 0 Å². The summed E-state index contributed by atoms with van der Waals surface area (Å²) in [5.74, 6) is 0. The molecule has 0 aliphatic heterocycles. The van der Waals surface area contributed by atoms with Gasteiger partial charge in [-0.1, -0.05) is 6.07 Å². The van der Waals surface area contributed by atoms with E-state index in [4.69, 9.17) is 4.55 Å². The van der Waals surface area contributed by atoms with Crippen molar-refractivity contribution in [3.05, 3.63) is 24.3 Å². The summed E-state index contributed by atoms with van der Waals surface area (Å²) >= 11 is 0. The average Bonchev–Trinajstić information content (AvgIpc) is 2.04. The molecular weight excluding hydrogens is 233 g/mol. The van der Waals surface area contributed by atoms with E-state index in [1.54, 1.807) is 0 Å². The van der Waals surface area contributed by atoms with E-state index in [0.29, 0.717) is 12.1 Å². The molecule has 0 bridgehead atoms. The Hall–Kier alpha value is 0.236. The Bertz CT molecular complexity index is 417. The fourth-order valence-corrected chi connectivity index (χ4v) is 1.34. The van der Waals surface area contributed by atoms with Crippen LogP contribution in [0.25, 0.3) is 0 Å². The Kier molecular flexibility index (Phi) is 6.06. The van der Waals surface area contributed by atoms with Gasteiger partial charge in [-0.05, 0) is 18.2 Å². The molecule has 0 heterocycles. The Morgan fingerprint density at radius 3 is 2.50 bits per heavy atom. The molecule has 7 heteroatoms. The van der Waals surface area contributed by atoms with E-state index in [-0.39, 0.29) is 56.3 Å². The van der Waals surface area contributed by atoms with Crippen molar-refractivity contribution in [1.29, 1.82) is 0 Å². The number of hydrogen-bond donors (Lipinski definition) is 2. The van der Waals surface area contributed by atoms with E-state index in [1.165, 1.54) is 18.2 Å². The molecule has 1 rings (SSSR count). The molecule has 0 radical (unpaired) electrons. The van der Waals surface area contributed by atoms with Crippen molar-refractivity contribution >= 4 is 73.6 Å². The van der Waals surface area contributed by atoms with Gasteiger partial charge in [0, 0.05) is 5.69 Å². The number of amides is 1. The first kappa shape index (κ1) is 14.2. The maximum atomic E-state index is 10.6. The van der Waals surface area contributed by atoms with Crippen molar-refractivity contribution in [3.63, 3.8) is 0 Å². The van der Waals surface area contributed by atoms with Crippen LogP contribution in [-0.4, -0.2) is 70.8 Å². The van der Waals surface area contributed by atoms with Gasteiger partial charge in [0.2, 0.25) is 6.41 Å².